The lowest BCUT2D eigenvalue weighted by Crippen LogP contribution is -2.14. The van der Waals surface area contributed by atoms with Crippen LogP contribution >= 0.6 is 11.3 Å². The lowest BCUT2D eigenvalue weighted by atomic mass is 9.90. The minimum Gasteiger partial charge on any atom is -0.312 e. The minimum absolute atomic E-state index is 0.696. The maximum atomic E-state index is 5.03. The summed E-state index contributed by atoms with van der Waals surface area (Å²) >= 11 is 1.98. The van der Waals surface area contributed by atoms with Crippen LogP contribution in [0.25, 0.3) is 0 Å². The predicted octanol–water partition coefficient (Wildman–Crippen LogP) is 4.89. The van der Waals surface area contributed by atoms with Crippen molar-refractivity contribution in [3.63, 3.8) is 0 Å². The third-order valence-corrected chi connectivity index (χ3v) is 5.32. The summed E-state index contributed by atoms with van der Waals surface area (Å²) in [5, 5.41) is 4.98. The molecule has 1 saturated carbocycles. The predicted molar refractivity (Wildman–Crippen MR) is 88.5 cm³/mol. The number of rotatable bonds is 7. The van der Waals surface area contributed by atoms with E-state index >= 15 is 0 Å². The molecule has 0 aromatic carbocycles. The van der Waals surface area contributed by atoms with Gasteiger partial charge in [0.15, 0.2) is 0 Å². The van der Waals surface area contributed by atoms with Crippen LogP contribution in [-0.2, 0) is 13.0 Å². The van der Waals surface area contributed by atoms with E-state index in [0.717, 1.165) is 25.4 Å². The summed E-state index contributed by atoms with van der Waals surface area (Å²) in [6.45, 7) is 8.94. The summed E-state index contributed by atoms with van der Waals surface area (Å²) in [5.41, 5.74) is 1.37. The lowest BCUT2D eigenvalue weighted by molar-refractivity contribution is 0.441. The van der Waals surface area contributed by atoms with E-state index in [1.54, 1.807) is 0 Å². The van der Waals surface area contributed by atoms with Crippen molar-refractivity contribution in [1.82, 2.24) is 10.3 Å². The molecule has 0 saturated heterocycles. The first-order chi connectivity index (χ1) is 9.70. The van der Waals surface area contributed by atoms with Gasteiger partial charge in [-0.3, -0.25) is 0 Å². The maximum absolute atomic E-state index is 5.03. The molecule has 3 heteroatoms. The quantitative estimate of drug-likeness (QED) is 0.724. The van der Waals surface area contributed by atoms with Crippen LogP contribution in [0.15, 0.2) is 0 Å². The first-order valence-electron chi connectivity index (χ1n) is 8.39. The fraction of sp³-hybridized carbons (Fsp3) is 0.824. The van der Waals surface area contributed by atoms with Crippen molar-refractivity contribution in [2.45, 2.75) is 78.2 Å². The van der Waals surface area contributed by atoms with Crippen molar-refractivity contribution < 1.29 is 0 Å². The van der Waals surface area contributed by atoms with Gasteiger partial charge in [-0.1, -0.05) is 40.0 Å². The van der Waals surface area contributed by atoms with Gasteiger partial charge < -0.3 is 5.32 Å². The van der Waals surface area contributed by atoms with Crippen molar-refractivity contribution in [2.24, 2.45) is 5.92 Å². The van der Waals surface area contributed by atoms with E-state index in [-0.39, 0.29) is 0 Å². The highest BCUT2D eigenvalue weighted by molar-refractivity contribution is 7.11. The normalized spacial score (nSPS) is 17.0. The number of hydrogen-bond donors (Lipinski definition) is 1. The van der Waals surface area contributed by atoms with Crippen LogP contribution in [0.5, 0.6) is 0 Å². The SMILES string of the molecule is CCCNCc1sc(C2CCCCC2)nc1CC(C)C. The van der Waals surface area contributed by atoms with Crippen LogP contribution in [0, 0.1) is 5.92 Å². The van der Waals surface area contributed by atoms with Gasteiger partial charge >= 0.3 is 0 Å². The molecule has 114 valence electrons. The Morgan fingerprint density at radius 3 is 2.65 bits per heavy atom. The molecule has 1 fully saturated rings. The van der Waals surface area contributed by atoms with Crippen LogP contribution in [0.3, 0.4) is 0 Å². The second kappa shape index (κ2) is 8.14. The zero-order valence-electron chi connectivity index (χ0n) is 13.4. The molecule has 2 nitrogen and oxygen atoms in total. The van der Waals surface area contributed by atoms with Crippen LogP contribution in [0.1, 0.15) is 80.8 Å². The summed E-state index contributed by atoms with van der Waals surface area (Å²) in [6.07, 6.45) is 9.26. The molecule has 1 aromatic heterocycles. The van der Waals surface area contributed by atoms with Crippen molar-refractivity contribution in [1.29, 1.82) is 0 Å². The molecule has 0 unspecified atom stereocenters. The van der Waals surface area contributed by atoms with Gasteiger partial charge in [0, 0.05) is 17.3 Å². The summed E-state index contributed by atoms with van der Waals surface area (Å²) < 4.78 is 0. The second-order valence-electron chi connectivity index (χ2n) is 6.53. The Bertz CT molecular complexity index is 392. The largest absolute Gasteiger partial charge is 0.312 e. The van der Waals surface area contributed by atoms with Gasteiger partial charge in [-0.2, -0.15) is 0 Å². The van der Waals surface area contributed by atoms with Gasteiger partial charge in [0.25, 0.3) is 0 Å². The number of nitrogens with one attached hydrogen (secondary N) is 1. The molecule has 20 heavy (non-hydrogen) atoms. The lowest BCUT2D eigenvalue weighted by Gasteiger charge is -2.18. The van der Waals surface area contributed by atoms with Crippen molar-refractivity contribution in [2.75, 3.05) is 6.54 Å². The Morgan fingerprint density at radius 2 is 2.00 bits per heavy atom. The highest BCUT2D eigenvalue weighted by Gasteiger charge is 2.21. The van der Waals surface area contributed by atoms with E-state index in [1.165, 1.54) is 54.1 Å². The standard InChI is InChI=1S/C17H30N2S/c1-4-10-18-12-16-15(11-13(2)3)19-17(20-16)14-8-6-5-7-9-14/h13-14,18H,4-12H2,1-3H3. The van der Waals surface area contributed by atoms with Gasteiger partial charge in [0.05, 0.1) is 10.7 Å². The summed E-state index contributed by atoms with van der Waals surface area (Å²) in [4.78, 5) is 6.52. The number of hydrogen-bond acceptors (Lipinski definition) is 3. The van der Waals surface area contributed by atoms with Crippen LogP contribution in [0.4, 0.5) is 0 Å². The Morgan fingerprint density at radius 1 is 1.25 bits per heavy atom. The molecule has 1 N–H and O–H groups in total. The second-order valence-corrected chi connectivity index (χ2v) is 7.65. The van der Waals surface area contributed by atoms with Gasteiger partial charge in [-0.25, -0.2) is 4.98 Å². The van der Waals surface area contributed by atoms with E-state index < -0.39 is 0 Å². The summed E-state index contributed by atoms with van der Waals surface area (Å²) in [6, 6.07) is 0. The van der Waals surface area contributed by atoms with E-state index in [4.69, 9.17) is 4.98 Å². The average Bonchev–Trinajstić information content (AvgIpc) is 2.83. The topological polar surface area (TPSA) is 24.9 Å². The molecular formula is C17H30N2S. The third kappa shape index (κ3) is 4.56. The van der Waals surface area contributed by atoms with Gasteiger partial charge in [-0.05, 0) is 38.1 Å². The molecule has 0 bridgehead atoms. The van der Waals surface area contributed by atoms with E-state index in [1.807, 2.05) is 11.3 Å². The molecule has 1 heterocycles. The first-order valence-corrected chi connectivity index (χ1v) is 9.21. The molecule has 1 aliphatic rings. The van der Waals surface area contributed by atoms with Gasteiger partial charge in [0.2, 0.25) is 0 Å². The van der Waals surface area contributed by atoms with Crippen molar-refractivity contribution >= 4 is 11.3 Å². The van der Waals surface area contributed by atoms with E-state index in [0.29, 0.717) is 5.92 Å². The molecule has 1 aromatic rings. The first kappa shape index (κ1) is 16.0. The maximum Gasteiger partial charge on any atom is 0.0962 e. The zero-order chi connectivity index (χ0) is 14.4. The Kier molecular flexibility index (Phi) is 6.50. The highest BCUT2D eigenvalue weighted by atomic mass is 32.1. The molecular weight excluding hydrogens is 264 g/mol. The van der Waals surface area contributed by atoms with Gasteiger partial charge in [0.1, 0.15) is 0 Å². The average molecular weight is 295 g/mol. The summed E-state index contributed by atoms with van der Waals surface area (Å²) in [7, 11) is 0. The molecule has 0 radical (unpaired) electrons. The van der Waals surface area contributed by atoms with Crippen molar-refractivity contribution in [3.05, 3.63) is 15.6 Å². The summed E-state index contributed by atoms with van der Waals surface area (Å²) in [5.74, 6) is 1.45. The Labute approximate surface area is 128 Å². The molecule has 0 spiro atoms. The fourth-order valence-corrected chi connectivity index (χ4v) is 4.22. The fourth-order valence-electron chi connectivity index (χ4n) is 2.99. The number of nitrogens with zero attached hydrogens (tertiary/aromatic N) is 1. The van der Waals surface area contributed by atoms with Crippen LogP contribution in [0.2, 0.25) is 0 Å². The van der Waals surface area contributed by atoms with Crippen LogP contribution in [-0.4, -0.2) is 11.5 Å². The zero-order valence-corrected chi connectivity index (χ0v) is 14.2. The van der Waals surface area contributed by atoms with E-state index in [2.05, 4.69) is 26.1 Å². The monoisotopic (exact) mass is 294 g/mol. The molecule has 0 amide bonds. The molecule has 2 rings (SSSR count). The highest BCUT2D eigenvalue weighted by Crippen LogP contribution is 2.36. The smallest absolute Gasteiger partial charge is 0.0962 e. The number of thiazole rings is 1. The minimum atomic E-state index is 0.696. The van der Waals surface area contributed by atoms with Crippen molar-refractivity contribution in [3.8, 4) is 0 Å². The molecule has 1 aliphatic carbocycles. The number of aromatic nitrogens is 1. The molecule has 0 aliphatic heterocycles. The van der Waals surface area contributed by atoms with E-state index in [9.17, 15) is 0 Å². The Balaban J connectivity index is 2.08. The van der Waals surface area contributed by atoms with Crippen LogP contribution < -0.4 is 5.32 Å². The third-order valence-electron chi connectivity index (χ3n) is 4.06. The van der Waals surface area contributed by atoms with Gasteiger partial charge in [-0.15, -0.1) is 11.3 Å². The molecule has 0 atom stereocenters. The Hall–Kier alpha value is -0.410.